The Morgan fingerprint density at radius 1 is 0.833 bits per heavy atom. The minimum atomic E-state index is -1.23. The smallest absolute Gasteiger partial charge is 0.339 e. The van der Waals surface area contributed by atoms with Crippen LogP contribution in [0.4, 0.5) is 0 Å². The van der Waals surface area contributed by atoms with Crippen LogP contribution in [0.15, 0.2) is 24.2 Å². The molecule has 1 aromatic carbocycles. The molecule has 0 radical (unpaired) electrons. The lowest BCUT2D eigenvalue weighted by atomic mass is 10.1. The third-order valence-electron chi connectivity index (χ3n) is 2.63. The molecule has 0 aliphatic rings. The quantitative estimate of drug-likeness (QED) is 0.486. The lowest BCUT2D eigenvalue weighted by molar-refractivity contribution is -0.138. The molecular formula is C16H18O8. The maximum Gasteiger partial charge on any atom is 0.339 e. The van der Waals surface area contributed by atoms with E-state index in [1.165, 1.54) is 0 Å². The molecule has 0 saturated heterocycles. The van der Waals surface area contributed by atoms with Crippen molar-refractivity contribution < 1.29 is 44.3 Å². The van der Waals surface area contributed by atoms with Crippen molar-refractivity contribution in [3.63, 3.8) is 0 Å². The summed E-state index contributed by atoms with van der Waals surface area (Å²) in [6.45, 7) is -0.665. The fraction of sp³-hybridized carbons (Fsp3) is 0.375. The fourth-order valence-corrected chi connectivity index (χ4v) is 1.54. The van der Waals surface area contributed by atoms with Crippen molar-refractivity contribution in [3.8, 4) is 0 Å². The highest BCUT2D eigenvalue weighted by molar-refractivity contribution is 6.03. The predicted molar refractivity (Wildman–Crippen MR) is 80.7 cm³/mol. The lowest BCUT2D eigenvalue weighted by Crippen LogP contribution is -2.15. The summed E-state index contributed by atoms with van der Waals surface area (Å²) in [6.07, 6.45) is -0.611. The third-order valence-corrected chi connectivity index (χ3v) is 2.63. The summed E-state index contributed by atoms with van der Waals surface area (Å²) in [5.41, 5.74) is -1.46. The monoisotopic (exact) mass is 342 g/mol. The number of rotatable bonds is 10. The van der Waals surface area contributed by atoms with Crippen molar-refractivity contribution in [2.45, 2.75) is 25.7 Å². The van der Waals surface area contributed by atoms with Gasteiger partial charge in [-0.05, 0) is 24.9 Å². The number of carboxylic acids is 2. The first-order valence-electron chi connectivity index (χ1n) is 8.96. The van der Waals surface area contributed by atoms with Crippen LogP contribution in [0.5, 0.6) is 0 Å². The van der Waals surface area contributed by atoms with Gasteiger partial charge in [0.15, 0.2) is 0 Å². The molecule has 0 unspecified atom stereocenters. The molecule has 0 spiro atoms. The van der Waals surface area contributed by atoms with E-state index in [-0.39, 0.29) is 38.9 Å². The SMILES string of the molecule is [2H]c1c([2H])c([2H])c(C(=O)OCCCC(=O)O)c(C(=O)OCCCC(=O)O)c1[2H]. The highest BCUT2D eigenvalue weighted by Crippen LogP contribution is 2.12. The topological polar surface area (TPSA) is 127 Å². The van der Waals surface area contributed by atoms with Gasteiger partial charge in [0, 0.05) is 12.8 Å². The second kappa shape index (κ2) is 9.98. The number of aliphatic carboxylic acids is 2. The van der Waals surface area contributed by atoms with E-state index >= 15 is 0 Å². The molecular weight excluding hydrogens is 320 g/mol. The second-order valence-electron chi connectivity index (χ2n) is 4.52. The molecule has 0 bridgehead atoms. The minimum Gasteiger partial charge on any atom is -0.481 e. The van der Waals surface area contributed by atoms with E-state index in [0.29, 0.717) is 0 Å². The van der Waals surface area contributed by atoms with Gasteiger partial charge in [0.1, 0.15) is 0 Å². The van der Waals surface area contributed by atoms with Gasteiger partial charge in [0.2, 0.25) is 0 Å². The number of carboxylic acid groups (broad SMARTS) is 2. The van der Waals surface area contributed by atoms with Gasteiger partial charge in [-0.3, -0.25) is 9.59 Å². The molecule has 0 aromatic heterocycles. The first-order chi connectivity index (χ1) is 13.1. The molecule has 0 heterocycles. The van der Waals surface area contributed by atoms with Crippen molar-refractivity contribution in [1.29, 1.82) is 0 Å². The van der Waals surface area contributed by atoms with Gasteiger partial charge >= 0.3 is 23.9 Å². The Hall–Kier alpha value is -2.90. The molecule has 1 aromatic rings. The number of benzene rings is 1. The molecule has 0 aliphatic heterocycles. The van der Waals surface area contributed by atoms with Crippen molar-refractivity contribution in [1.82, 2.24) is 0 Å². The first kappa shape index (κ1) is 13.5. The normalized spacial score (nSPS) is 12.3. The largest absolute Gasteiger partial charge is 0.481 e. The molecule has 0 aliphatic carbocycles. The Morgan fingerprint density at radius 2 is 1.21 bits per heavy atom. The van der Waals surface area contributed by atoms with Crippen molar-refractivity contribution in [2.75, 3.05) is 13.2 Å². The second-order valence-corrected chi connectivity index (χ2v) is 4.52. The van der Waals surface area contributed by atoms with Crippen LogP contribution < -0.4 is 0 Å². The van der Waals surface area contributed by atoms with E-state index in [4.69, 9.17) is 25.2 Å². The van der Waals surface area contributed by atoms with E-state index in [0.717, 1.165) is 0 Å². The Bertz CT molecular complexity index is 729. The fourth-order valence-electron chi connectivity index (χ4n) is 1.54. The number of ether oxygens (including phenoxy) is 2. The average molecular weight is 342 g/mol. The molecule has 1 rings (SSSR count). The van der Waals surface area contributed by atoms with Crippen molar-refractivity contribution >= 4 is 23.9 Å². The van der Waals surface area contributed by atoms with Gasteiger partial charge < -0.3 is 19.7 Å². The van der Waals surface area contributed by atoms with Crippen LogP contribution in [0.3, 0.4) is 0 Å². The van der Waals surface area contributed by atoms with E-state index in [1.54, 1.807) is 0 Å². The van der Waals surface area contributed by atoms with Gasteiger partial charge in [-0.25, -0.2) is 9.59 Å². The molecule has 8 heteroatoms. The van der Waals surface area contributed by atoms with Gasteiger partial charge in [0.25, 0.3) is 0 Å². The van der Waals surface area contributed by atoms with Crippen LogP contribution in [0, 0.1) is 0 Å². The molecule has 2 N–H and O–H groups in total. The molecule has 0 fully saturated rings. The van der Waals surface area contributed by atoms with Gasteiger partial charge in [-0.15, -0.1) is 0 Å². The van der Waals surface area contributed by atoms with Crippen LogP contribution in [0.1, 0.15) is 51.9 Å². The summed E-state index contributed by atoms with van der Waals surface area (Å²) in [5, 5.41) is 17.1. The van der Waals surface area contributed by atoms with Crippen LogP contribution in [0.25, 0.3) is 0 Å². The predicted octanol–water partition coefficient (Wildman–Crippen LogP) is 1.73. The molecule has 24 heavy (non-hydrogen) atoms. The Kier molecular flexibility index (Phi) is 5.63. The van der Waals surface area contributed by atoms with Gasteiger partial charge in [-0.1, -0.05) is 12.1 Å². The Labute approximate surface area is 143 Å². The summed E-state index contributed by atoms with van der Waals surface area (Å²) in [7, 11) is 0. The zero-order valence-corrected chi connectivity index (χ0v) is 12.6. The minimum absolute atomic E-state index is 0.0264. The highest BCUT2D eigenvalue weighted by atomic mass is 16.5. The van der Waals surface area contributed by atoms with Crippen molar-refractivity contribution in [2.24, 2.45) is 0 Å². The third kappa shape index (κ3) is 6.91. The summed E-state index contributed by atoms with van der Waals surface area (Å²) in [5.74, 6) is -4.67. The number of esters is 2. The van der Waals surface area contributed by atoms with Crippen LogP contribution >= 0.6 is 0 Å². The highest BCUT2D eigenvalue weighted by Gasteiger charge is 2.19. The molecule has 0 saturated carbocycles. The van der Waals surface area contributed by atoms with E-state index in [1.807, 2.05) is 0 Å². The first-order valence-corrected chi connectivity index (χ1v) is 6.96. The summed E-state index contributed by atoms with van der Waals surface area (Å²) in [4.78, 5) is 45.5. The number of hydrogen-bond donors (Lipinski definition) is 2. The number of carbonyl (C=O) groups excluding carboxylic acids is 2. The maximum atomic E-state index is 12.3. The van der Waals surface area contributed by atoms with Crippen LogP contribution in [-0.4, -0.2) is 47.3 Å². The lowest BCUT2D eigenvalue weighted by Gasteiger charge is -2.09. The molecule has 8 nitrogen and oxygen atoms in total. The summed E-state index contributed by atoms with van der Waals surface area (Å²) >= 11 is 0. The van der Waals surface area contributed by atoms with Gasteiger partial charge in [0.05, 0.1) is 29.8 Å². The Morgan fingerprint density at radius 3 is 1.54 bits per heavy atom. The average Bonchev–Trinajstić information content (AvgIpc) is 2.62. The summed E-state index contributed by atoms with van der Waals surface area (Å²) in [6, 6.07) is -3.13. The molecule has 0 amide bonds. The number of hydrogen-bond acceptors (Lipinski definition) is 6. The van der Waals surface area contributed by atoms with Crippen LogP contribution in [0.2, 0.25) is 0 Å². The summed E-state index contributed by atoms with van der Waals surface area (Å²) < 4.78 is 40.6. The van der Waals surface area contributed by atoms with Crippen molar-refractivity contribution in [3.05, 3.63) is 35.3 Å². The standard InChI is InChI=1S/C16H18O8/c17-13(18)7-3-9-23-15(21)11-5-1-2-6-12(11)16(22)24-10-4-8-14(19)20/h1-2,5-6H,3-4,7-10H2,(H,17,18)(H,19,20)/i1D,2D,5D,6D. The van der Waals surface area contributed by atoms with E-state index < -0.39 is 59.2 Å². The Balaban J connectivity index is 3.09. The number of carbonyl (C=O) groups is 4. The zero-order valence-electron chi connectivity index (χ0n) is 16.6. The van der Waals surface area contributed by atoms with E-state index in [2.05, 4.69) is 0 Å². The van der Waals surface area contributed by atoms with Crippen LogP contribution in [-0.2, 0) is 19.1 Å². The zero-order chi connectivity index (χ0) is 21.4. The molecule has 0 atom stereocenters. The van der Waals surface area contributed by atoms with Gasteiger partial charge in [-0.2, -0.15) is 0 Å². The van der Waals surface area contributed by atoms with E-state index in [9.17, 15) is 19.2 Å². The molecule has 130 valence electrons. The maximum absolute atomic E-state index is 12.3.